The van der Waals surface area contributed by atoms with E-state index in [1.807, 2.05) is 65.2 Å². The van der Waals surface area contributed by atoms with Gasteiger partial charge < -0.3 is 4.74 Å². The molecule has 11 heteroatoms. The second-order valence-corrected chi connectivity index (χ2v) is 12.0. The number of carbonyl (C=O) groups is 1. The van der Waals surface area contributed by atoms with Crippen molar-refractivity contribution in [2.45, 2.75) is 36.8 Å². The van der Waals surface area contributed by atoms with Crippen LogP contribution >= 0.6 is 0 Å². The van der Waals surface area contributed by atoms with Gasteiger partial charge in [0.05, 0.1) is 34.3 Å². The Balaban J connectivity index is 1.56. The number of methoxy groups -OCH3 is 1. The number of carbonyl (C=O) groups excluding carboxylic acids is 1. The van der Waals surface area contributed by atoms with E-state index in [-0.39, 0.29) is 23.8 Å². The molecule has 0 amide bonds. The highest BCUT2D eigenvalue weighted by atomic mass is 32.2. The van der Waals surface area contributed by atoms with Gasteiger partial charge in [-0.25, -0.2) is 13.4 Å². The maximum Gasteiger partial charge on any atom is 0.416 e. The number of anilines is 1. The first-order valence-electron chi connectivity index (χ1n) is 14.0. The number of imidazole rings is 1. The third-order valence-corrected chi connectivity index (χ3v) is 9.05. The number of aromatic nitrogens is 2. The fourth-order valence-electron chi connectivity index (χ4n) is 4.98. The van der Waals surface area contributed by atoms with Crippen LogP contribution < -0.4 is 4.31 Å². The van der Waals surface area contributed by atoms with Crippen LogP contribution in [0.2, 0.25) is 0 Å². The second kappa shape index (κ2) is 12.9. The number of hydrogen-bond acceptors (Lipinski definition) is 5. The van der Waals surface area contributed by atoms with Crippen molar-refractivity contribution < 1.29 is 31.1 Å². The van der Waals surface area contributed by atoms with Gasteiger partial charge in [-0.3, -0.25) is 13.7 Å². The zero-order chi connectivity index (χ0) is 31.3. The quantitative estimate of drug-likeness (QED) is 0.112. The van der Waals surface area contributed by atoms with Gasteiger partial charge in [-0.1, -0.05) is 55.0 Å². The Morgan fingerprint density at radius 1 is 0.864 bits per heavy atom. The number of halogens is 3. The number of para-hydroxylation sites is 1. The Labute approximate surface area is 253 Å². The predicted molar refractivity (Wildman–Crippen MR) is 163 cm³/mol. The molecule has 0 fully saturated rings. The first kappa shape index (κ1) is 30.8. The van der Waals surface area contributed by atoms with Gasteiger partial charge in [0.25, 0.3) is 10.0 Å². The van der Waals surface area contributed by atoms with Crippen molar-refractivity contribution in [3.8, 4) is 17.1 Å². The number of sulfonamides is 1. The van der Waals surface area contributed by atoms with Crippen LogP contribution in [0, 0.1) is 0 Å². The van der Waals surface area contributed by atoms with Crippen molar-refractivity contribution >= 4 is 32.7 Å². The average Bonchev–Trinajstić information content (AvgIpc) is 3.42. The molecule has 4 aromatic carbocycles. The Bertz CT molecular complexity index is 1840. The van der Waals surface area contributed by atoms with Gasteiger partial charge in [-0.15, -0.1) is 0 Å². The van der Waals surface area contributed by atoms with Crippen LogP contribution in [0.1, 0.15) is 31.2 Å². The van der Waals surface area contributed by atoms with Gasteiger partial charge >= 0.3 is 12.1 Å². The molecule has 0 aliphatic rings. The molecule has 1 heterocycles. The van der Waals surface area contributed by atoms with E-state index in [1.165, 1.54) is 11.4 Å². The topological polar surface area (TPSA) is 81.5 Å². The molecule has 0 aliphatic heterocycles. The van der Waals surface area contributed by atoms with E-state index in [4.69, 9.17) is 4.98 Å². The monoisotopic (exact) mass is 621 g/mol. The lowest BCUT2D eigenvalue weighted by Crippen LogP contribution is -2.32. The van der Waals surface area contributed by atoms with Gasteiger partial charge in [0.2, 0.25) is 0 Å². The Hall–Kier alpha value is -4.64. The number of fused-ring (bicyclic) bond motifs is 1. The molecule has 0 atom stereocenters. The van der Waals surface area contributed by atoms with Gasteiger partial charge in [-0.2, -0.15) is 13.2 Å². The number of benzene rings is 4. The lowest BCUT2D eigenvalue weighted by atomic mass is 10.2. The van der Waals surface area contributed by atoms with Crippen molar-refractivity contribution in [2.75, 3.05) is 18.0 Å². The summed E-state index contributed by atoms with van der Waals surface area (Å²) in [5.41, 5.74) is 2.43. The molecule has 0 radical (unpaired) electrons. The third kappa shape index (κ3) is 6.62. The molecule has 7 nitrogen and oxygen atoms in total. The van der Waals surface area contributed by atoms with Crippen molar-refractivity contribution in [2.24, 2.45) is 0 Å². The van der Waals surface area contributed by atoms with Gasteiger partial charge in [0, 0.05) is 24.2 Å². The molecule has 0 saturated carbocycles. The van der Waals surface area contributed by atoms with E-state index in [0.29, 0.717) is 36.3 Å². The SMILES string of the molecule is COC(=O)CCCCCN(c1ccc2c(c1)nc(-c1ccccc1)n2-c1ccccc1)S(=O)(=O)c1ccc(C(F)(F)F)cc1. The van der Waals surface area contributed by atoms with E-state index >= 15 is 0 Å². The van der Waals surface area contributed by atoms with Crippen molar-refractivity contribution in [1.82, 2.24) is 9.55 Å². The fraction of sp³-hybridized carbons (Fsp3) is 0.212. The lowest BCUT2D eigenvalue weighted by Gasteiger charge is -2.25. The fourth-order valence-corrected chi connectivity index (χ4v) is 6.47. The molecule has 5 rings (SSSR count). The first-order chi connectivity index (χ1) is 21.1. The van der Waals surface area contributed by atoms with E-state index < -0.39 is 21.8 Å². The molecule has 0 saturated heterocycles. The Morgan fingerprint density at radius 2 is 1.52 bits per heavy atom. The molecule has 0 unspecified atom stereocenters. The second-order valence-electron chi connectivity index (χ2n) is 10.1. The number of unbranched alkanes of at least 4 members (excludes halogenated alkanes) is 2. The van der Waals surface area contributed by atoms with Crippen LogP contribution in [-0.4, -0.2) is 37.6 Å². The summed E-state index contributed by atoms with van der Waals surface area (Å²) in [5.74, 6) is 0.316. The van der Waals surface area contributed by atoms with Gasteiger partial charge in [0.1, 0.15) is 5.82 Å². The van der Waals surface area contributed by atoms with Crippen LogP contribution in [0.15, 0.2) is 108 Å². The molecule has 0 bridgehead atoms. The highest BCUT2D eigenvalue weighted by Gasteiger charge is 2.32. The largest absolute Gasteiger partial charge is 0.469 e. The molecule has 0 aliphatic carbocycles. The van der Waals surface area contributed by atoms with Crippen molar-refractivity contribution in [3.63, 3.8) is 0 Å². The van der Waals surface area contributed by atoms with E-state index in [0.717, 1.165) is 41.0 Å². The maximum absolute atomic E-state index is 13.9. The van der Waals surface area contributed by atoms with Crippen LogP contribution in [0.25, 0.3) is 28.1 Å². The summed E-state index contributed by atoms with van der Waals surface area (Å²) in [6, 6.07) is 27.9. The minimum absolute atomic E-state index is 0.0426. The molecule has 44 heavy (non-hydrogen) atoms. The number of ether oxygens (including phenoxy) is 1. The zero-order valence-corrected chi connectivity index (χ0v) is 24.7. The summed E-state index contributed by atoms with van der Waals surface area (Å²) in [4.78, 5) is 16.1. The summed E-state index contributed by atoms with van der Waals surface area (Å²) in [6.07, 6.45) is -2.95. The predicted octanol–water partition coefficient (Wildman–Crippen LogP) is 7.64. The number of alkyl halides is 3. The summed E-state index contributed by atoms with van der Waals surface area (Å²) < 4.78 is 75.2. The van der Waals surface area contributed by atoms with Crippen molar-refractivity contribution in [3.05, 3.63) is 109 Å². The number of esters is 1. The third-order valence-electron chi connectivity index (χ3n) is 7.21. The molecular formula is C33H30F3N3O4S. The number of rotatable bonds is 11. The smallest absolute Gasteiger partial charge is 0.416 e. The molecule has 0 spiro atoms. The van der Waals surface area contributed by atoms with Crippen LogP contribution in [0.4, 0.5) is 18.9 Å². The van der Waals surface area contributed by atoms with E-state index in [2.05, 4.69) is 4.74 Å². The molecular weight excluding hydrogens is 591 g/mol. The zero-order valence-electron chi connectivity index (χ0n) is 23.9. The molecule has 0 N–H and O–H groups in total. The van der Waals surface area contributed by atoms with E-state index in [9.17, 15) is 26.4 Å². The molecule has 228 valence electrons. The van der Waals surface area contributed by atoms with E-state index in [1.54, 1.807) is 18.2 Å². The highest BCUT2D eigenvalue weighted by molar-refractivity contribution is 7.92. The molecule has 1 aromatic heterocycles. The van der Waals surface area contributed by atoms with Crippen LogP contribution in [-0.2, 0) is 25.7 Å². The Kier molecular flexibility index (Phi) is 9.05. The summed E-state index contributed by atoms with van der Waals surface area (Å²) in [7, 11) is -2.96. The van der Waals surface area contributed by atoms with Crippen molar-refractivity contribution in [1.29, 1.82) is 0 Å². The summed E-state index contributed by atoms with van der Waals surface area (Å²) in [5, 5.41) is 0. The normalized spacial score (nSPS) is 11.9. The summed E-state index contributed by atoms with van der Waals surface area (Å²) >= 11 is 0. The highest BCUT2D eigenvalue weighted by Crippen LogP contribution is 2.34. The minimum atomic E-state index is -4.60. The number of nitrogens with zero attached hydrogens (tertiary/aromatic N) is 3. The first-order valence-corrected chi connectivity index (χ1v) is 15.4. The summed E-state index contributed by atoms with van der Waals surface area (Å²) in [6.45, 7) is 0.0426. The Morgan fingerprint density at radius 3 is 2.16 bits per heavy atom. The average molecular weight is 622 g/mol. The van der Waals surface area contributed by atoms with Crippen LogP contribution in [0.3, 0.4) is 0 Å². The van der Waals surface area contributed by atoms with Gasteiger partial charge in [0.15, 0.2) is 0 Å². The minimum Gasteiger partial charge on any atom is -0.469 e. The maximum atomic E-state index is 13.9. The standard InChI is InChI=1S/C33H30F3N3O4S/c1-43-31(40)15-9-4-10-22-38(44(41,42)28-19-16-25(17-20-28)33(34,35)36)27-18-21-30-29(23-27)37-32(24-11-5-2-6-12-24)39(30)26-13-7-3-8-14-26/h2-3,5-8,11-14,16-21,23H,4,9-10,15,22H2,1H3. The lowest BCUT2D eigenvalue weighted by molar-refractivity contribution is -0.140. The number of hydrogen-bond donors (Lipinski definition) is 0. The molecule has 5 aromatic rings. The van der Waals surface area contributed by atoms with Crippen LogP contribution in [0.5, 0.6) is 0 Å². The van der Waals surface area contributed by atoms with Gasteiger partial charge in [-0.05, 0) is 67.4 Å².